The number of nitrogens with zero attached hydrogens (tertiary/aromatic N) is 5. The predicted octanol–water partition coefficient (Wildman–Crippen LogP) is 3.25. The number of aromatic nitrogens is 1. The zero-order valence-corrected chi connectivity index (χ0v) is 20.8. The number of thioether (sulfide) groups is 1. The average molecular weight is 498 g/mol. The number of amides is 1. The van der Waals surface area contributed by atoms with Gasteiger partial charge in [-0.1, -0.05) is 36.1 Å². The summed E-state index contributed by atoms with van der Waals surface area (Å²) in [5, 5.41) is 9.63. The lowest BCUT2D eigenvalue weighted by atomic mass is 10.0. The molecule has 0 aliphatic carbocycles. The van der Waals surface area contributed by atoms with Crippen LogP contribution in [0.1, 0.15) is 23.6 Å². The Morgan fingerprint density at radius 1 is 1.18 bits per heavy atom. The predicted molar refractivity (Wildman–Crippen MR) is 138 cm³/mol. The number of para-hydroxylation sites is 1. The molecule has 0 radical (unpaired) electrons. The number of carbonyl (C=O) groups excluding carboxylic acids is 1. The molecule has 0 bridgehead atoms. The summed E-state index contributed by atoms with van der Waals surface area (Å²) in [7, 11) is 1.63. The molecule has 0 N–H and O–H groups in total. The van der Waals surface area contributed by atoms with Gasteiger partial charge in [0.15, 0.2) is 0 Å². The van der Waals surface area contributed by atoms with Crippen LogP contribution < -0.4 is 15.4 Å². The second kappa shape index (κ2) is 9.60. The third-order valence-corrected chi connectivity index (χ3v) is 7.58. The Labute approximate surface area is 207 Å². The molecule has 10 heteroatoms. The molecule has 34 heavy (non-hydrogen) atoms. The number of piperazine rings is 1. The van der Waals surface area contributed by atoms with Crippen LogP contribution in [0.3, 0.4) is 0 Å². The van der Waals surface area contributed by atoms with Crippen LogP contribution in [0, 0.1) is 24.1 Å². The van der Waals surface area contributed by atoms with Crippen molar-refractivity contribution in [3.05, 3.63) is 62.0 Å². The van der Waals surface area contributed by atoms with Gasteiger partial charge < -0.3 is 9.80 Å². The first kappa shape index (κ1) is 24.0. The molecule has 176 valence electrons. The Morgan fingerprint density at radius 2 is 1.82 bits per heavy atom. The summed E-state index contributed by atoms with van der Waals surface area (Å²) in [4.78, 5) is 31.8. The molecule has 7 nitrogen and oxygen atoms in total. The van der Waals surface area contributed by atoms with Gasteiger partial charge in [-0.25, -0.2) is 4.39 Å². The topological polar surface area (TPSA) is 72.6 Å². The van der Waals surface area contributed by atoms with E-state index in [0.717, 1.165) is 0 Å². The van der Waals surface area contributed by atoms with E-state index >= 15 is 0 Å². The van der Waals surface area contributed by atoms with Crippen molar-refractivity contribution in [2.24, 2.45) is 7.05 Å². The maximum atomic E-state index is 14.3. The Hall–Kier alpha value is -3.16. The van der Waals surface area contributed by atoms with Gasteiger partial charge in [0.1, 0.15) is 27.6 Å². The van der Waals surface area contributed by atoms with Crippen LogP contribution in [0.25, 0.3) is 6.08 Å². The van der Waals surface area contributed by atoms with Crippen molar-refractivity contribution in [1.82, 2.24) is 9.47 Å². The Morgan fingerprint density at radius 3 is 2.41 bits per heavy atom. The van der Waals surface area contributed by atoms with E-state index in [1.54, 1.807) is 32.2 Å². The van der Waals surface area contributed by atoms with E-state index in [1.807, 2.05) is 24.0 Å². The minimum atomic E-state index is -0.384. The molecule has 4 rings (SSSR count). The molecule has 0 saturated carbocycles. The number of carbonyl (C=O) groups is 1. The van der Waals surface area contributed by atoms with Crippen LogP contribution in [-0.2, 0) is 11.8 Å². The van der Waals surface area contributed by atoms with Crippen molar-refractivity contribution in [2.75, 3.05) is 42.5 Å². The number of benzene rings is 1. The number of nitriles is 1. The summed E-state index contributed by atoms with van der Waals surface area (Å²) in [6.45, 7) is 6.28. The number of hydrogen-bond donors (Lipinski definition) is 0. The summed E-state index contributed by atoms with van der Waals surface area (Å²) < 4.78 is 16.2. The molecule has 0 atom stereocenters. The SMILES string of the molecule is CCN1C(=O)C(=Cc2c(C)c(C#N)c(=O)n(C)c2N2CCN(c3ccccc3F)CC2)SC1=S. The van der Waals surface area contributed by atoms with Crippen molar-refractivity contribution < 1.29 is 9.18 Å². The molecule has 2 aliphatic rings. The van der Waals surface area contributed by atoms with E-state index in [2.05, 4.69) is 4.90 Å². The van der Waals surface area contributed by atoms with E-state index in [-0.39, 0.29) is 22.8 Å². The lowest BCUT2D eigenvalue weighted by molar-refractivity contribution is -0.121. The summed E-state index contributed by atoms with van der Waals surface area (Å²) in [5.41, 5.74) is 1.39. The fraction of sp³-hybridized carbons (Fsp3) is 0.333. The van der Waals surface area contributed by atoms with Gasteiger partial charge in [-0.2, -0.15) is 5.26 Å². The minimum Gasteiger partial charge on any atom is -0.366 e. The maximum Gasteiger partial charge on any atom is 0.270 e. The fourth-order valence-electron chi connectivity index (χ4n) is 4.37. The Balaban J connectivity index is 1.75. The molecule has 1 aromatic carbocycles. The quantitative estimate of drug-likeness (QED) is 0.474. The van der Waals surface area contributed by atoms with Crippen LogP contribution in [0.5, 0.6) is 0 Å². The first-order valence-electron chi connectivity index (χ1n) is 10.9. The maximum absolute atomic E-state index is 14.3. The summed E-state index contributed by atoms with van der Waals surface area (Å²) in [5.74, 6) is 0.187. The van der Waals surface area contributed by atoms with Crippen molar-refractivity contribution in [3.63, 3.8) is 0 Å². The van der Waals surface area contributed by atoms with Crippen LogP contribution in [-0.4, -0.2) is 52.4 Å². The Bertz CT molecular complexity index is 1310. The lowest BCUT2D eigenvalue weighted by Crippen LogP contribution is -2.48. The van der Waals surface area contributed by atoms with Gasteiger partial charge in [0, 0.05) is 45.3 Å². The van der Waals surface area contributed by atoms with Gasteiger partial charge >= 0.3 is 0 Å². The molecule has 2 fully saturated rings. The standard InChI is InChI=1S/C24H24FN5O2S2/c1-4-30-23(32)20(34-24(30)33)13-16-15(2)17(14-26)22(31)27(3)21(16)29-11-9-28(10-12-29)19-8-6-5-7-18(19)25/h5-8,13H,4,9-12H2,1-3H3. The molecule has 0 spiro atoms. The molecule has 2 aliphatic heterocycles. The Kier molecular flexibility index (Phi) is 6.77. The van der Waals surface area contributed by atoms with E-state index in [4.69, 9.17) is 12.2 Å². The second-order valence-corrected chi connectivity index (χ2v) is 9.74. The number of rotatable bonds is 4. The van der Waals surface area contributed by atoms with Crippen LogP contribution in [0.4, 0.5) is 15.9 Å². The zero-order chi connectivity index (χ0) is 24.6. The van der Waals surface area contributed by atoms with Crippen molar-refractivity contribution >= 4 is 51.8 Å². The fourth-order valence-corrected chi connectivity index (χ4v) is 5.73. The number of hydrogen-bond acceptors (Lipinski definition) is 7. The smallest absolute Gasteiger partial charge is 0.270 e. The molecular formula is C24H24FN5O2S2. The highest BCUT2D eigenvalue weighted by molar-refractivity contribution is 8.26. The number of anilines is 2. The molecule has 2 aromatic rings. The summed E-state index contributed by atoms with van der Waals surface area (Å²) >= 11 is 6.56. The van der Waals surface area contributed by atoms with Crippen LogP contribution >= 0.6 is 24.0 Å². The number of pyridine rings is 1. The average Bonchev–Trinajstić information content (AvgIpc) is 3.10. The van der Waals surface area contributed by atoms with Crippen molar-refractivity contribution in [2.45, 2.75) is 13.8 Å². The van der Waals surface area contributed by atoms with E-state index in [0.29, 0.717) is 64.6 Å². The minimum absolute atomic E-state index is 0.0495. The lowest BCUT2D eigenvalue weighted by Gasteiger charge is -2.38. The van der Waals surface area contributed by atoms with Gasteiger partial charge in [-0.3, -0.25) is 19.1 Å². The van der Waals surface area contributed by atoms with Crippen LogP contribution in [0.2, 0.25) is 0 Å². The van der Waals surface area contributed by atoms with Gasteiger partial charge in [0.05, 0.1) is 10.6 Å². The molecule has 3 heterocycles. The highest BCUT2D eigenvalue weighted by Crippen LogP contribution is 2.36. The number of halogens is 1. The molecule has 0 unspecified atom stereocenters. The normalized spacial score (nSPS) is 17.6. The van der Waals surface area contributed by atoms with E-state index in [1.165, 1.54) is 27.3 Å². The van der Waals surface area contributed by atoms with Gasteiger partial charge in [-0.05, 0) is 37.6 Å². The first-order valence-corrected chi connectivity index (χ1v) is 12.1. The second-order valence-electron chi connectivity index (χ2n) is 8.06. The highest BCUT2D eigenvalue weighted by Gasteiger charge is 2.32. The van der Waals surface area contributed by atoms with Crippen molar-refractivity contribution in [3.8, 4) is 6.07 Å². The van der Waals surface area contributed by atoms with Crippen LogP contribution in [0.15, 0.2) is 34.0 Å². The van der Waals surface area contributed by atoms with Gasteiger partial charge in [0.2, 0.25) is 0 Å². The largest absolute Gasteiger partial charge is 0.366 e. The summed E-state index contributed by atoms with van der Waals surface area (Å²) in [6.07, 6.45) is 1.74. The zero-order valence-electron chi connectivity index (χ0n) is 19.2. The monoisotopic (exact) mass is 497 g/mol. The van der Waals surface area contributed by atoms with Gasteiger partial charge in [0.25, 0.3) is 11.5 Å². The first-order chi connectivity index (χ1) is 16.3. The molecule has 1 amide bonds. The molecule has 1 aromatic heterocycles. The van der Waals surface area contributed by atoms with E-state index < -0.39 is 0 Å². The third-order valence-electron chi connectivity index (χ3n) is 6.21. The molecule has 2 saturated heterocycles. The van der Waals surface area contributed by atoms with Crippen molar-refractivity contribution in [1.29, 1.82) is 5.26 Å². The molecular weight excluding hydrogens is 473 g/mol. The highest BCUT2D eigenvalue weighted by atomic mass is 32.2. The number of likely N-dealkylation sites (N-methyl/N-ethyl adjacent to an activating group) is 1. The third kappa shape index (κ3) is 4.10. The summed E-state index contributed by atoms with van der Waals surface area (Å²) in [6, 6.07) is 8.69. The van der Waals surface area contributed by atoms with E-state index in [9.17, 15) is 19.2 Å². The van der Waals surface area contributed by atoms with Gasteiger partial charge in [-0.15, -0.1) is 0 Å². The number of thiocarbonyl (C=S) groups is 1.